The number of oxazole rings is 1. The third-order valence-electron chi connectivity index (χ3n) is 5.06. The third-order valence-corrected chi connectivity index (χ3v) is 5.06. The average Bonchev–Trinajstić information content (AvgIpc) is 3.43. The summed E-state index contributed by atoms with van der Waals surface area (Å²) in [6, 6.07) is 11.9. The van der Waals surface area contributed by atoms with Crippen molar-refractivity contribution in [3.8, 4) is 11.5 Å². The number of rotatable bonds is 3. The fourth-order valence-corrected chi connectivity index (χ4v) is 3.60. The SMILES string of the molecule is CC.O=C(O)c1ccc2oc(-c3cc4ccc(N5CCCC5)cc4oc3=O)nc2c1. The van der Waals surface area contributed by atoms with Crippen molar-refractivity contribution in [3.05, 3.63) is 58.4 Å². The van der Waals surface area contributed by atoms with Crippen LogP contribution in [0.5, 0.6) is 0 Å². The number of carboxylic acids is 1. The highest BCUT2D eigenvalue weighted by Crippen LogP contribution is 2.28. The van der Waals surface area contributed by atoms with Crippen LogP contribution in [0.15, 0.2) is 56.1 Å². The second-order valence-electron chi connectivity index (χ2n) is 6.87. The van der Waals surface area contributed by atoms with Gasteiger partial charge in [-0.25, -0.2) is 14.6 Å². The monoisotopic (exact) mass is 406 g/mol. The van der Waals surface area contributed by atoms with Gasteiger partial charge < -0.3 is 18.8 Å². The Hall–Kier alpha value is -3.61. The molecule has 3 heterocycles. The molecule has 2 aromatic carbocycles. The highest BCUT2D eigenvalue weighted by atomic mass is 16.4. The number of aromatic nitrogens is 1. The van der Waals surface area contributed by atoms with Crippen LogP contribution in [0, 0.1) is 0 Å². The lowest BCUT2D eigenvalue weighted by atomic mass is 10.1. The maximum atomic E-state index is 12.5. The summed E-state index contributed by atoms with van der Waals surface area (Å²) in [6.07, 6.45) is 2.34. The molecule has 0 spiro atoms. The Balaban J connectivity index is 0.00000106. The molecule has 1 fully saturated rings. The van der Waals surface area contributed by atoms with E-state index >= 15 is 0 Å². The molecule has 2 aromatic heterocycles. The largest absolute Gasteiger partial charge is 0.478 e. The molecule has 0 saturated carbocycles. The Labute approximate surface area is 172 Å². The van der Waals surface area contributed by atoms with Crippen LogP contribution in [0.4, 0.5) is 5.69 Å². The smallest absolute Gasteiger partial charge is 0.349 e. The van der Waals surface area contributed by atoms with Gasteiger partial charge >= 0.3 is 11.6 Å². The Morgan fingerprint density at radius 3 is 2.50 bits per heavy atom. The van der Waals surface area contributed by atoms with Crippen molar-refractivity contribution in [2.24, 2.45) is 0 Å². The lowest BCUT2D eigenvalue weighted by Crippen LogP contribution is -2.17. The van der Waals surface area contributed by atoms with E-state index in [-0.39, 0.29) is 17.0 Å². The summed E-state index contributed by atoms with van der Waals surface area (Å²) in [4.78, 5) is 30.2. The summed E-state index contributed by atoms with van der Waals surface area (Å²) in [7, 11) is 0. The molecule has 154 valence electrons. The van der Waals surface area contributed by atoms with E-state index in [1.165, 1.54) is 31.0 Å². The van der Waals surface area contributed by atoms with Crippen LogP contribution in [0.3, 0.4) is 0 Å². The lowest BCUT2D eigenvalue weighted by Gasteiger charge is -2.17. The fourth-order valence-electron chi connectivity index (χ4n) is 3.60. The first-order valence-corrected chi connectivity index (χ1v) is 10.1. The number of hydrogen-bond donors (Lipinski definition) is 1. The normalized spacial score (nSPS) is 13.5. The maximum absolute atomic E-state index is 12.5. The summed E-state index contributed by atoms with van der Waals surface area (Å²) >= 11 is 0. The quantitative estimate of drug-likeness (QED) is 0.482. The summed E-state index contributed by atoms with van der Waals surface area (Å²) < 4.78 is 11.2. The molecule has 0 unspecified atom stereocenters. The molecule has 1 aliphatic heterocycles. The highest BCUT2D eigenvalue weighted by molar-refractivity contribution is 5.92. The molecule has 4 aromatic rings. The van der Waals surface area contributed by atoms with Gasteiger partial charge in [-0.2, -0.15) is 0 Å². The van der Waals surface area contributed by atoms with Crippen molar-refractivity contribution in [2.45, 2.75) is 26.7 Å². The van der Waals surface area contributed by atoms with Crippen LogP contribution < -0.4 is 10.5 Å². The molecule has 0 atom stereocenters. The number of hydrogen-bond acceptors (Lipinski definition) is 6. The van der Waals surface area contributed by atoms with Crippen molar-refractivity contribution in [2.75, 3.05) is 18.0 Å². The minimum absolute atomic E-state index is 0.104. The minimum atomic E-state index is -1.05. The Kier molecular flexibility index (Phi) is 5.27. The zero-order valence-electron chi connectivity index (χ0n) is 16.8. The zero-order chi connectivity index (χ0) is 21.3. The van der Waals surface area contributed by atoms with Gasteiger partial charge in [-0.05, 0) is 49.2 Å². The van der Waals surface area contributed by atoms with Gasteiger partial charge in [-0.1, -0.05) is 13.8 Å². The Morgan fingerprint density at radius 2 is 1.77 bits per heavy atom. The van der Waals surface area contributed by atoms with E-state index in [0.717, 1.165) is 24.2 Å². The molecule has 1 saturated heterocycles. The lowest BCUT2D eigenvalue weighted by molar-refractivity contribution is 0.0697. The number of aromatic carboxylic acids is 1. The fraction of sp³-hybridized carbons (Fsp3) is 0.261. The number of nitrogens with zero attached hydrogens (tertiary/aromatic N) is 2. The first-order valence-electron chi connectivity index (χ1n) is 10.1. The molecule has 30 heavy (non-hydrogen) atoms. The number of anilines is 1. The molecule has 7 nitrogen and oxygen atoms in total. The summed E-state index contributed by atoms with van der Waals surface area (Å²) in [5.41, 5.74) is 2.10. The minimum Gasteiger partial charge on any atom is -0.478 e. The van der Waals surface area contributed by atoms with E-state index in [4.69, 9.17) is 13.9 Å². The van der Waals surface area contributed by atoms with Crippen molar-refractivity contribution in [1.29, 1.82) is 0 Å². The molecular formula is C23H22N2O5. The highest BCUT2D eigenvalue weighted by Gasteiger charge is 2.17. The average molecular weight is 406 g/mol. The van der Waals surface area contributed by atoms with Crippen LogP contribution in [0.1, 0.15) is 37.0 Å². The second kappa shape index (κ2) is 8.02. The summed E-state index contributed by atoms with van der Waals surface area (Å²) in [5.74, 6) is -0.942. The summed E-state index contributed by atoms with van der Waals surface area (Å²) in [5, 5.41) is 9.87. The van der Waals surface area contributed by atoms with Crippen molar-refractivity contribution in [3.63, 3.8) is 0 Å². The van der Waals surface area contributed by atoms with Gasteiger partial charge in [0.05, 0.1) is 5.56 Å². The van der Waals surface area contributed by atoms with Crippen LogP contribution in [-0.4, -0.2) is 29.1 Å². The predicted octanol–water partition coefficient (Wildman–Crippen LogP) is 4.93. The number of benzene rings is 2. The van der Waals surface area contributed by atoms with Crippen molar-refractivity contribution in [1.82, 2.24) is 4.98 Å². The maximum Gasteiger partial charge on any atom is 0.349 e. The topological polar surface area (TPSA) is 96.8 Å². The number of fused-ring (bicyclic) bond motifs is 2. The van der Waals surface area contributed by atoms with Gasteiger partial charge in [0, 0.05) is 30.2 Å². The van der Waals surface area contributed by atoms with Crippen LogP contribution in [0.2, 0.25) is 0 Å². The standard InChI is InChI=1S/C21H16N2O5.C2H6/c24-20(25)13-4-6-17-16(10-13)22-19(27-17)15-9-12-3-5-14(23-7-1-2-8-23)11-18(12)28-21(15)26;1-2/h3-6,9-11H,1-2,7-8H2,(H,24,25);1-2H3. The van der Waals surface area contributed by atoms with Gasteiger partial charge in [0.1, 0.15) is 16.7 Å². The van der Waals surface area contributed by atoms with E-state index in [9.17, 15) is 9.59 Å². The van der Waals surface area contributed by atoms with Crippen molar-refractivity contribution < 1.29 is 18.7 Å². The molecule has 1 aliphatic rings. The van der Waals surface area contributed by atoms with Gasteiger partial charge in [-0.15, -0.1) is 0 Å². The van der Waals surface area contributed by atoms with E-state index in [0.29, 0.717) is 16.7 Å². The van der Waals surface area contributed by atoms with Crippen molar-refractivity contribution >= 4 is 33.7 Å². The first kappa shape index (κ1) is 19.7. The van der Waals surface area contributed by atoms with Gasteiger partial charge in [-0.3, -0.25) is 0 Å². The molecule has 0 aliphatic carbocycles. The van der Waals surface area contributed by atoms with Crippen LogP contribution in [0.25, 0.3) is 33.5 Å². The second-order valence-corrected chi connectivity index (χ2v) is 6.87. The van der Waals surface area contributed by atoms with Crippen LogP contribution >= 0.6 is 0 Å². The number of carboxylic acid groups (broad SMARTS) is 1. The third kappa shape index (κ3) is 3.54. The van der Waals surface area contributed by atoms with E-state index < -0.39 is 11.6 Å². The van der Waals surface area contributed by atoms with Gasteiger partial charge in [0.15, 0.2) is 5.58 Å². The molecule has 0 radical (unpaired) electrons. The Morgan fingerprint density at radius 1 is 1.00 bits per heavy atom. The van der Waals surface area contributed by atoms with Gasteiger partial charge in [0.2, 0.25) is 5.89 Å². The Bertz CT molecular complexity index is 1280. The number of carbonyl (C=O) groups is 1. The van der Waals surface area contributed by atoms with Gasteiger partial charge in [0.25, 0.3) is 0 Å². The predicted molar refractivity (Wildman–Crippen MR) is 115 cm³/mol. The first-order chi connectivity index (χ1) is 14.6. The van der Waals surface area contributed by atoms with E-state index in [1.54, 1.807) is 6.07 Å². The zero-order valence-corrected chi connectivity index (χ0v) is 16.8. The van der Waals surface area contributed by atoms with Crippen LogP contribution in [-0.2, 0) is 0 Å². The summed E-state index contributed by atoms with van der Waals surface area (Å²) in [6.45, 7) is 6.02. The van der Waals surface area contributed by atoms with E-state index in [1.807, 2.05) is 32.0 Å². The molecule has 1 N–H and O–H groups in total. The molecule has 0 bridgehead atoms. The molecular weight excluding hydrogens is 384 g/mol. The molecule has 7 heteroatoms. The molecule has 0 amide bonds. The van der Waals surface area contributed by atoms with E-state index in [2.05, 4.69) is 9.88 Å². The molecule has 5 rings (SSSR count).